The molecule has 0 aliphatic rings. The van der Waals surface area contributed by atoms with Crippen molar-refractivity contribution in [3.63, 3.8) is 0 Å². The van der Waals surface area contributed by atoms with Gasteiger partial charge in [0.2, 0.25) is 0 Å². The number of methoxy groups -OCH3 is 1. The van der Waals surface area contributed by atoms with Crippen LogP contribution in [0.3, 0.4) is 0 Å². The molecule has 5 heteroatoms. The Bertz CT molecular complexity index is 387. The van der Waals surface area contributed by atoms with Crippen molar-refractivity contribution in [3.05, 3.63) is 28.3 Å². The SMILES string of the molecule is COC(=O)c1cc(Cl)c(O)c(C=O)c1. The van der Waals surface area contributed by atoms with Crippen LogP contribution >= 0.6 is 11.6 Å². The molecule has 74 valence electrons. The van der Waals surface area contributed by atoms with Crippen molar-refractivity contribution in [2.45, 2.75) is 0 Å². The summed E-state index contributed by atoms with van der Waals surface area (Å²) < 4.78 is 4.44. The molecule has 1 N–H and O–H groups in total. The van der Waals surface area contributed by atoms with Crippen LogP contribution in [0.5, 0.6) is 5.75 Å². The molecule has 0 aliphatic carbocycles. The lowest BCUT2D eigenvalue weighted by atomic mass is 10.1. The summed E-state index contributed by atoms with van der Waals surface area (Å²) in [6, 6.07) is 2.44. The average Bonchev–Trinajstić information content (AvgIpc) is 2.20. The van der Waals surface area contributed by atoms with Crippen molar-refractivity contribution in [2.75, 3.05) is 7.11 Å². The molecule has 1 aromatic carbocycles. The van der Waals surface area contributed by atoms with Crippen LogP contribution in [0.25, 0.3) is 0 Å². The number of benzene rings is 1. The summed E-state index contributed by atoms with van der Waals surface area (Å²) in [7, 11) is 1.21. The number of halogens is 1. The number of phenols is 1. The Hall–Kier alpha value is -1.55. The highest BCUT2D eigenvalue weighted by Gasteiger charge is 2.12. The van der Waals surface area contributed by atoms with Crippen molar-refractivity contribution in [3.8, 4) is 5.75 Å². The first-order valence-electron chi connectivity index (χ1n) is 3.66. The van der Waals surface area contributed by atoms with Crippen LogP contribution in [0.4, 0.5) is 0 Å². The number of ether oxygens (including phenoxy) is 1. The van der Waals surface area contributed by atoms with Crippen LogP contribution in [0.15, 0.2) is 12.1 Å². The third-order valence-electron chi connectivity index (χ3n) is 1.64. The molecule has 0 bridgehead atoms. The molecule has 4 nitrogen and oxygen atoms in total. The van der Waals surface area contributed by atoms with Gasteiger partial charge < -0.3 is 9.84 Å². The van der Waals surface area contributed by atoms with Gasteiger partial charge in [-0.05, 0) is 12.1 Å². The Balaban J connectivity index is 3.29. The molecule has 1 aromatic rings. The molecule has 0 radical (unpaired) electrons. The molecule has 14 heavy (non-hydrogen) atoms. The maximum Gasteiger partial charge on any atom is 0.337 e. The van der Waals surface area contributed by atoms with Gasteiger partial charge in [-0.3, -0.25) is 4.79 Å². The highest BCUT2D eigenvalue weighted by Crippen LogP contribution is 2.28. The Morgan fingerprint density at radius 3 is 2.71 bits per heavy atom. The van der Waals surface area contributed by atoms with Gasteiger partial charge >= 0.3 is 5.97 Å². The number of rotatable bonds is 2. The molecular weight excluding hydrogens is 208 g/mol. The standard InChI is InChI=1S/C9H7ClO4/c1-14-9(13)5-2-6(4-11)8(12)7(10)3-5/h2-4,12H,1H3. The van der Waals surface area contributed by atoms with E-state index in [1.54, 1.807) is 0 Å². The number of aldehydes is 1. The number of phenolic OH excluding ortho intramolecular Hbond substituents is 1. The van der Waals surface area contributed by atoms with Crippen molar-refractivity contribution >= 4 is 23.9 Å². The average molecular weight is 215 g/mol. The molecule has 0 atom stereocenters. The van der Waals surface area contributed by atoms with Gasteiger partial charge in [-0.1, -0.05) is 11.6 Å². The van der Waals surface area contributed by atoms with Crippen LogP contribution in [-0.4, -0.2) is 24.5 Å². The predicted molar refractivity (Wildman–Crippen MR) is 49.8 cm³/mol. The van der Waals surface area contributed by atoms with Gasteiger partial charge in [0, 0.05) is 0 Å². The maximum atomic E-state index is 11.1. The fraction of sp³-hybridized carbons (Fsp3) is 0.111. The van der Waals surface area contributed by atoms with E-state index in [1.807, 2.05) is 0 Å². The van der Waals surface area contributed by atoms with Gasteiger partial charge in [0.05, 0.1) is 23.3 Å². The molecular formula is C9H7ClO4. The molecule has 0 aliphatic heterocycles. The zero-order chi connectivity index (χ0) is 10.7. The molecule has 0 fully saturated rings. The van der Waals surface area contributed by atoms with Gasteiger partial charge in [0.15, 0.2) is 6.29 Å². The van der Waals surface area contributed by atoms with Gasteiger partial charge in [-0.15, -0.1) is 0 Å². The highest BCUT2D eigenvalue weighted by atomic mass is 35.5. The summed E-state index contributed by atoms with van der Waals surface area (Å²) >= 11 is 5.58. The van der Waals surface area contributed by atoms with E-state index in [0.29, 0.717) is 6.29 Å². The van der Waals surface area contributed by atoms with E-state index in [-0.39, 0.29) is 21.9 Å². The van der Waals surface area contributed by atoms with E-state index in [2.05, 4.69) is 4.74 Å². The van der Waals surface area contributed by atoms with Gasteiger partial charge in [0.25, 0.3) is 0 Å². The quantitative estimate of drug-likeness (QED) is 0.601. The Morgan fingerprint density at radius 2 is 2.21 bits per heavy atom. The number of hydrogen-bond acceptors (Lipinski definition) is 4. The first kappa shape index (κ1) is 10.5. The first-order valence-corrected chi connectivity index (χ1v) is 4.04. The number of hydrogen-bond donors (Lipinski definition) is 1. The summed E-state index contributed by atoms with van der Waals surface area (Å²) in [4.78, 5) is 21.5. The molecule has 0 amide bonds. The summed E-state index contributed by atoms with van der Waals surface area (Å²) in [6.45, 7) is 0. The van der Waals surface area contributed by atoms with Crippen LogP contribution < -0.4 is 0 Å². The van der Waals surface area contributed by atoms with Crippen molar-refractivity contribution in [2.24, 2.45) is 0 Å². The second kappa shape index (κ2) is 4.11. The third-order valence-corrected chi connectivity index (χ3v) is 1.93. The Labute approximate surface area is 85.1 Å². The van der Waals surface area contributed by atoms with Gasteiger partial charge in [-0.2, -0.15) is 0 Å². The molecule has 0 saturated carbocycles. The minimum Gasteiger partial charge on any atom is -0.506 e. The first-order chi connectivity index (χ1) is 6.60. The van der Waals surface area contributed by atoms with Crippen LogP contribution in [-0.2, 0) is 4.74 Å². The van der Waals surface area contributed by atoms with Crippen molar-refractivity contribution < 1.29 is 19.4 Å². The smallest absolute Gasteiger partial charge is 0.337 e. The molecule has 1 rings (SSSR count). The lowest BCUT2D eigenvalue weighted by Crippen LogP contribution is -2.02. The molecule has 0 unspecified atom stereocenters. The number of esters is 1. The fourth-order valence-electron chi connectivity index (χ4n) is 0.946. The van der Waals surface area contributed by atoms with Crippen LogP contribution in [0.1, 0.15) is 20.7 Å². The number of aromatic hydroxyl groups is 1. The van der Waals surface area contributed by atoms with E-state index in [4.69, 9.17) is 11.6 Å². The number of carbonyl (C=O) groups excluding carboxylic acids is 2. The summed E-state index contributed by atoms with van der Waals surface area (Å²) in [5, 5.41) is 9.20. The van der Waals surface area contributed by atoms with Crippen LogP contribution in [0, 0.1) is 0 Å². The second-order valence-corrected chi connectivity index (χ2v) is 2.91. The minimum atomic E-state index is -0.616. The maximum absolute atomic E-state index is 11.1. The lowest BCUT2D eigenvalue weighted by molar-refractivity contribution is 0.0600. The highest BCUT2D eigenvalue weighted by molar-refractivity contribution is 6.32. The van der Waals surface area contributed by atoms with Gasteiger partial charge in [-0.25, -0.2) is 4.79 Å². The van der Waals surface area contributed by atoms with Crippen molar-refractivity contribution in [1.29, 1.82) is 0 Å². The summed E-state index contributed by atoms with van der Waals surface area (Å²) in [5.74, 6) is -0.954. The molecule has 0 spiro atoms. The summed E-state index contributed by atoms with van der Waals surface area (Å²) in [5.41, 5.74) is 0.0790. The van der Waals surface area contributed by atoms with Crippen LogP contribution in [0.2, 0.25) is 5.02 Å². The predicted octanol–water partition coefficient (Wildman–Crippen LogP) is 1.64. The Kier molecular flexibility index (Phi) is 3.09. The monoisotopic (exact) mass is 214 g/mol. The molecule has 0 heterocycles. The van der Waals surface area contributed by atoms with E-state index in [0.717, 1.165) is 0 Å². The zero-order valence-electron chi connectivity index (χ0n) is 7.28. The van der Waals surface area contributed by atoms with E-state index >= 15 is 0 Å². The number of carbonyl (C=O) groups is 2. The topological polar surface area (TPSA) is 63.6 Å². The fourth-order valence-corrected chi connectivity index (χ4v) is 1.17. The summed E-state index contributed by atoms with van der Waals surface area (Å²) in [6.07, 6.45) is 0.410. The lowest BCUT2D eigenvalue weighted by Gasteiger charge is -2.03. The molecule has 0 aromatic heterocycles. The van der Waals surface area contributed by atoms with E-state index in [9.17, 15) is 14.7 Å². The third kappa shape index (κ3) is 1.85. The minimum absolute atomic E-state index is 0.0436. The zero-order valence-corrected chi connectivity index (χ0v) is 8.04. The second-order valence-electron chi connectivity index (χ2n) is 2.51. The molecule has 0 saturated heterocycles. The largest absolute Gasteiger partial charge is 0.506 e. The normalized spacial score (nSPS) is 9.57. The Morgan fingerprint density at radius 1 is 1.57 bits per heavy atom. The van der Waals surface area contributed by atoms with E-state index < -0.39 is 5.97 Å². The van der Waals surface area contributed by atoms with Crippen molar-refractivity contribution in [1.82, 2.24) is 0 Å². The van der Waals surface area contributed by atoms with Gasteiger partial charge in [0.1, 0.15) is 5.75 Å². The van der Waals surface area contributed by atoms with E-state index in [1.165, 1.54) is 19.2 Å².